The lowest BCUT2D eigenvalue weighted by atomic mass is 9.85. The summed E-state index contributed by atoms with van der Waals surface area (Å²) in [5, 5.41) is 17.5. The van der Waals surface area contributed by atoms with Crippen LogP contribution in [0.3, 0.4) is 0 Å². The van der Waals surface area contributed by atoms with Gasteiger partial charge in [-0.15, -0.1) is 0 Å². The monoisotopic (exact) mass is 492 g/mol. The zero-order chi connectivity index (χ0) is 25.2. The highest BCUT2D eigenvalue weighted by molar-refractivity contribution is 5.89. The van der Waals surface area contributed by atoms with E-state index in [2.05, 4.69) is 16.0 Å². The number of nitrogens with zero attached hydrogens (tertiary/aromatic N) is 1. The molecule has 2 fully saturated rings. The van der Waals surface area contributed by atoms with E-state index in [9.17, 15) is 22.4 Å². The number of halogens is 4. The Morgan fingerprint density at radius 1 is 1.23 bits per heavy atom. The van der Waals surface area contributed by atoms with Gasteiger partial charge in [0, 0.05) is 23.7 Å². The van der Waals surface area contributed by atoms with E-state index in [0.29, 0.717) is 24.1 Å². The summed E-state index contributed by atoms with van der Waals surface area (Å²) in [6.45, 7) is 1.79. The number of carbonyl (C=O) groups excluding carboxylic acids is 1. The summed E-state index contributed by atoms with van der Waals surface area (Å²) in [6.07, 6.45) is -4.80. The highest BCUT2D eigenvalue weighted by atomic mass is 19.4. The van der Waals surface area contributed by atoms with Crippen molar-refractivity contribution in [1.82, 2.24) is 10.6 Å². The zero-order valence-electron chi connectivity index (χ0n) is 18.8. The van der Waals surface area contributed by atoms with Gasteiger partial charge in [-0.05, 0) is 62.2 Å². The van der Waals surface area contributed by atoms with Crippen LogP contribution in [0.1, 0.15) is 37.3 Å². The minimum absolute atomic E-state index is 0.0277. The zero-order valence-corrected chi connectivity index (χ0v) is 18.8. The average Bonchev–Trinajstić information content (AvgIpc) is 2.76. The van der Waals surface area contributed by atoms with Crippen LogP contribution >= 0.6 is 0 Å². The molecule has 0 bridgehead atoms. The van der Waals surface area contributed by atoms with Gasteiger partial charge in [0.1, 0.15) is 11.6 Å². The third kappa shape index (κ3) is 5.18. The third-order valence-electron chi connectivity index (χ3n) is 6.20. The minimum Gasteiger partial charge on any atom is -0.473 e. The molecule has 0 radical (unpaired) electrons. The van der Waals surface area contributed by atoms with Crippen LogP contribution in [0.4, 0.5) is 28.0 Å². The van der Waals surface area contributed by atoms with Crippen molar-refractivity contribution in [3.05, 3.63) is 59.4 Å². The molecule has 11 heteroatoms. The first-order valence-corrected chi connectivity index (χ1v) is 11.1. The summed E-state index contributed by atoms with van der Waals surface area (Å²) in [5.41, 5.74) is -2.17. The van der Waals surface area contributed by atoms with Gasteiger partial charge in [0.25, 0.3) is 0 Å². The molecule has 186 valence electrons. The molecule has 2 aliphatic rings. The van der Waals surface area contributed by atoms with Crippen molar-refractivity contribution in [3.8, 4) is 11.8 Å². The summed E-state index contributed by atoms with van der Waals surface area (Å²) >= 11 is 0. The standard InChI is InChI=1S/C24H24F4N4O3/c1-14-2-8-19(32-22(33)31-17-6-3-15(13-29)4-7-17)21(30-14)35-20-9-5-16(25)12-18(20)23(10-11-34-23)24(26,27)28/h3-7,9,12,14,19,21,30H,2,8,10-11H2,1H3,(H2,31,32,33). The fourth-order valence-electron chi connectivity index (χ4n) is 4.24. The molecule has 2 heterocycles. The molecule has 0 aliphatic carbocycles. The number of rotatable bonds is 5. The van der Waals surface area contributed by atoms with E-state index in [1.165, 1.54) is 0 Å². The van der Waals surface area contributed by atoms with Crippen LogP contribution in [0.2, 0.25) is 0 Å². The normalized spacial score (nSPS) is 26.2. The Balaban J connectivity index is 1.53. The summed E-state index contributed by atoms with van der Waals surface area (Å²) in [5.74, 6) is -1.01. The Hall–Kier alpha value is -3.36. The van der Waals surface area contributed by atoms with Gasteiger partial charge in [0.2, 0.25) is 0 Å². The molecule has 4 unspecified atom stereocenters. The lowest BCUT2D eigenvalue weighted by molar-refractivity contribution is -0.334. The van der Waals surface area contributed by atoms with Gasteiger partial charge in [0.15, 0.2) is 11.8 Å². The minimum atomic E-state index is -4.76. The van der Waals surface area contributed by atoms with E-state index in [-0.39, 0.29) is 24.8 Å². The van der Waals surface area contributed by atoms with Crippen molar-refractivity contribution in [1.29, 1.82) is 5.26 Å². The Morgan fingerprint density at radius 3 is 2.54 bits per heavy atom. The molecule has 0 saturated carbocycles. The Kier molecular flexibility index (Phi) is 6.87. The van der Waals surface area contributed by atoms with Crippen LogP contribution in [-0.4, -0.2) is 37.1 Å². The number of ether oxygens (including phenoxy) is 2. The Morgan fingerprint density at radius 2 is 1.94 bits per heavy atom. The summed E-state index contributed by atoms with van der Waals surface area (Å²) in [7, 11) is 0. The molecule has 2 aliphatic heterocycles. The first-order chi connectivity index (χ1) is 16.6. The quantitative estimate of drug-likeness (QED) is 0.533. The van der Waals surface area contributed by atoms with Crippen molar-refractivity contribution < 1.29 is 31.8 Å². The predicted molar refractivity (Wildman–Crippen MR) is 118 cm³/mol. The molecule has 3 N–H and O–H groups in total. The molecule has 7 nitrogen and oxygen atoms in total. The number of alkyl halides is 3. The third-order valence-corrected chi connectivity index (χ3v) is 6.20. The van der Waals surface area contributed by atoms with Crippen LogP contribution in [-0.2, 0) is 10.3 Å². The molecule has 4 atom stereocenters. The summed E-state index contributed by atoms with van der Waals surface area (Å²) in [4.78, 5) is 12.6. The van der Waals surface area contributed by atoms with E-state index in [1.807, 2.05) is 13.0 Å². The number of piperidine rings is 1. The average molecular weight is 492 g/mol. The summed E-state index contributed by atoms with van der Waals surface area (Å²) < 4.78 is 66.6. The number of urea groups is 1. The van der Waals surface area contributed by atoms with Crippen molar-refractivity contribution >= 4 is 11.7 Å². The predicted octanol–water partition coefficient (Wildman–Crippen LogP) is 4.54. The van der Waals surface area contributed by atoms with Gasteiger partial charge in [-0.1, -0.05) is 0 Å². The van der Waals surface area contributed by atoms with Gasteiger partial charge < -0.3 is 20.1 Å². The maximum atomic E-state index is 14.0. The lowest BCUT2D eigenvalue weighted by Crippen LogP contribution is -2.59. The first kappa shape index (κ1) is 24.8. The second-order valence-corrected chi connectivity index (χ2v) is 8.64. The summed E-state index contributed by atoms with van der Waals surface area (Å²) in [6, 6.07) is 10.0. The van der Waals surface area contributed by atoms with E-state index in [0.717, 1.165) is 18.2 Å². The number of nitriles is 1. The van der Waals surface area contributed by atoms with E-state index in [1.54, 1.807) is 24.3 Å². The largest absolute Gasteiger partial charge is 0.473 e. The fourth-order valence-corrected chi connectivity index (χ4v) is 4.24. The fraction of sp³-hybridized carbons (Fsp3) is 0.417. The number of hydrogen-bond donors (Lipinski definition) is 3. The van der Waals surface area contributed by atoms with E-state index in [4.69, 9.17) is 14.7 Å². The molecule has 35 heavy (non-hydrogen) atoms. The second-order valence-electron chi connectivity index (χ2n) is 8.64. The highest BCUT2D eigenvalue weighted by Gasteiger charge is 2.62. The van der Waals surface area contributed by atoms with Crippen molar-refractivity contribution in [2.45, 2.75) is 56.3 Å². The van der Waals surface area contributed by atoms with Crippen LogP contribution in [0, 0.1) is 17.1 Å². The van der Waals surface area contributed by atoms with Gasteiger partial charge in [-0.25, -0.2) is 9.18 Å². The number of carbonyl (C=O) groups is 1. The molecule has 2 aromatic carbocycles. The number of benzene rings is 2. The topological polar surface area (TPSA) is 95.4 Å². The maximum absolute atomic E-state index is 14.0. The number of nitrogens with one attached hydrogen (secondary N) is 3. The van der Waals surface area contributed by atoms with Gasteiger partial charge in [0.05, 0.1) is 24.3 Å². The van der Waals surface area contributed by atoms with E-state index < -0.39 is 41.5 Å². The van der Waals surface area contributed by atoms with Crippen LogP contribution in [0.15, 0.2) is 42.5 Å². The molecule has 0 aromatic heterocycles. The highest BCUT2D eigenvalue weighted by Crippen LogP contribution is 2.53. The molecular weight excluding hydrogens is 468 g/mol. The number of anilines is 1. The van der Waals surface area contributed by atoms with Crippen molar-refractivity contribution in [3.63, 3.8) is 0 Å². The molecule has 2 aromatic rings. The van der Waals surface area contributed by atoms with Gasteiger partial charge in [-0.2, -0.15) is 18.4 Å². The van der Waals surface area contributed by atoms with E-state index >= 15 is 0 Å². The van der Waals surface area contributed by atoms with Crippen molar-refractivity contribution in [2.24, 2.45) is 0 Å². The van der Waals surface area contributed by atoms with Crippen LogP contribution < -0.4 is 20.7 Å². The Bertz CT molecular complexity index is 1110. The smallest absolute Gasteiger partial charge is 0.421 e. The van der Waals surface area contributed by atoms with Crippen molar-refractivity contribution in [2.75, 3.05) is 11.9 Å². The Labute approximate surface area is 199 Å². The number of amides is 2. The molecule has 2 amide bonds. The van der Waals surface area contributed by atoms with Gasteiger partial charge in [-0.3, -0.25) is 5.32 Å². The van der Waals surface area contributed by atoms with Gasteiger partial charge >= 0.3 is 12.2 Å². The SMILES string of the molecule is CC1CCC(NC(=O)Nc2ccc(C#N)cc2)C(Oc2ccc(F)cc2C2(C(F)(F)F)CCO2)N1. The molecule has 0 spiro atoms. The molecule has 2 saturated heterocycles. The number of hydrogen-bond acceptors (Lipinski definition) is 5. The second kappa shape index (κ2) is 9.71. The molecule has 4 rings (SSSR count). The first-order valence-electron chi connectivity index (χ1n) is 11.1. The van der Waals surface area contributed by atoms with Crippen LogP contribution in [0.5, 0.6) is 5.75 Å². The molecular formula is C24H24F4N4O3. The maximum Gasteiger partial charge on any atom is 0.421 e. The lowest BCUT2D eigenvalue weighted by Gasteiger charge is -2.44. The van der Waals surface area contributed by atoms with Crippen LogP contribution in [0.25, 0.3) is 0 Å².